The number of benzene rings is 1. The van der Waals surface area contributed by atoms with Gasteiger partial charge in [0.25, 0.3) is 0 Å². The van der Waals surface area contributed by atoms with E-state index in [0.29, 0.717) is 6.42 Å². The summed E-state index contributed by atoms with van der Waals surface area (Å²) in [7, 11) is 0. The number of hydrogen-bond donors (Lipinski definition) is 1. The number of likely N-dealkylation sites (tertiary alicyclic amines) is 1. The number of rotatable bonds is 3. The molecule has 1 aliphatic rings. The van der Waals surface area contributed by atoms with Crippen molar-refractivity contribution in [2.75, 3.05) is 6.54 Å². The van der Waals surface area contributed by atoms with Gasteiger partial charge in [0.2, 0.25) is 5.91 Å². The normalized spacial score (nSPS) is 20.1. The van der Waals surface area contributed by atoms with Crippen molar-refractivity contribution in [3.63, 3.8) is 0 Å². The molecule has 1 heterocycles. The van der Waals surface area contributed by atoms with Gasteiger partial charge < -0.3 is 10.6 Å². The van der Waals surface area contributed by atoms with Gasteiger partial charge in [-0.1, -0.05) is 34.1 Å². The van der Waals surface area contributed by atoms with Gasteiger partial charge in [-0.2, -0.15) is 0 Å². The van der Waals surface area contributed by atoms with Crippen LogP contribution in [-0.2, 0) is 11.2 Å². The average molecular weight is 362 g/mol. The largest absolute Gasteiger partial charge is 0.338 e. The van der Waals surface area contributed by atoms with Crippen molar-refractivity contribution < 1.29 is 4.79 Å². The van der Waals surface area contributed by atoms with E-state index in [2.05, 4.69) is 15.9 Å². The maximum absolute atomic E-state index is 12.5. The molecule has 112 valence electrons. The summed E-state index contributed by atoms with van der Waals surface area (Å²) in [4.78, 5) is 14.5. The first-order valence-corrected chi connectivity index (χ1v) is 7.67. The Morgan fingerprint density at radius 3 is 2.80 bits per heavy atom. The molecule has 0 radical (unpaired) electrons. The molecule has 0 saturated carbocycles. The number of nitrogens with two attached hydrogens (primary N) is 1. The lowest BCUT2D eigenvalue weighted by molar-refractivity contribution is -0.134. The zero-order valence-electron chi connectivity index (χ0n) is 11.7. The standard InChI is InChI=1S/C15H21BrN2O.ClH/c1-11(17)14-8-4-5-9-18(14)15(19)10-12-6-2-3-7-13(12)16;/h2-3,6-7,11,14H,4-5,8-10,17H2,1H3;1H. The maximum Gasteiger partial charge on any atom is 0.227 e. The molecular weight excluding hydrogens is 340 g/mol. The van der Waals surface area contributed by atoms with Crippen LogP contribution in [0.1, 0.15) is 31.7 Å². The van der Waals surface area contributed by atoms with E-state index >= 15 is 0 Å². The van der Waals surface area contributed by atoms with E-state index < -0.39 is 0 Å². The molecule has 2 unspecified atom stereocenters. The summed E-state index contributed by atoms with van der Waals surface area (Å²) in [6.07, 6.45) is 3.74. The van der Waals surface area contributed by atoms with Crippen molar-refractivity contribution in [3.05, 3.63) is 34.3 Å². The summed E-state index contributed by atoms with van der Waals surface area (Å²) in [5.74, 6) is 0.189. The first kappa shape index (κ1) is 17.5. The fourth-order valence-corrected chi connectivity index (χ4v) is 3.14. The summed E-state index contributed by atoms with van der Waals surface area (Å²) in [6, 6.07) is 8.14. The predicted molar refractivity (Wildman–Crippen MR) is 88.1 cm³/mol. The van der Waals surface area contributed by atoms with E-state index in [9.17, 15) is 4.79 Å². The molecule has 1 aliphatic heterocycles. The van der Waals surface area contributed by atoms with Crippen LogP contribution >= 0.6 is 28.3 Å². The van der Waals surface area contributed by atoms with E-state index in [4.69, 9.17) is 5.73 Å². The first-order valence-electron chi connectivity index (χ1n) is 6.88. The Balaban J connectivity index is 0.00000200. The van der Waals surface area contributed by atoms with Gasteiger partial charge in [-0.05, 0) is 37.8 Å². The highest BCUT2D eigenvalue weighted by atomic mass is 79.9. The highest BCUT2D eigenvalue weighted by molar-refractivity contribution is 9.10. The molecule has 1 saturated heterocycles. The number of carbonyl (C=O) groups is 1. The fraction of sp³-hybridized carbons (Fsp3) is 0.533. The van der Waals surface area contributed by atoms with Crippen LogP contribution in [0, 0.1) is 0 Å². The summed E-state index contributed by atoms with van der Waals surface area (Å²) < 4.78 is 0.998. The van der Waals surface area contributed by atoms with Gasteiger partial charge in [-0.25, -0.2) is 0 Å². The Hall–Kier alpha value is -0.580. The zero-order valence-corrected chi connectivity index (χ0v) is 14.1. The SMILES string of the molecule is CC(N)C1CCCCN1C(=O)Cc1ccccc1Br.Cl. The molecule has 0 bridgehead atoms. The molecule has 5 heteroatoms. The van der Waals surface area contributed by atoms with Crippen LogP contribution in [-0.4, -0.2) is 29.4 Å². The monoisotopic (exact) mass is 360 g/mol. The zero-order chi connectivity index (χ0) is 13.8. The molecule has 2 rings (SSSR count). The lowest BCUT2D eigenvalue weighted by atomic mass is 9.96. The summed E-state index contributed by atoms with van der Waals surface area (Å²) in [5.41, 5.74) is 7.06. The Morgan fingerprint density at radius 1 is 1.45 bits per heavy atom. The van der Waals surface area contributed by atoms with E-state index in [1.807, 2.05) is 36.1 Å². The van der Waals surface area contributed by atoms with Crippen LogP contribution in [0.2, 0.25) is 0 Å². The van der Waals surface area contributed by atoms with E-state index in [-0.39, 0.29) is 30.4 Å². The fourth-order valence-electron chi connectivity index (χ4n) is 2.72. The molecule has 1 aromatic rings. The van der Waals surface area contributed by atoms with Crippen molar-refractivity contribution in [1.29, 1.82) is 0 Å². The summed E-state index contributed by atoms with van der Waals surface area (Å²) >= 11 is 3.50. The Kier molecular flexibility index (Phi) is 7.00. The van der Waals surface area contributed by atoms with Crippen LogP contribution in [0.5, 0.6) is 0 Å². The molecule has 1 fully saturated rings. The van der Waals surface area contributed by atoms with Crippen LogP contribution in [0.4, 0.5) is 0 Å². The third-order valence-corrected chi connectivity index (χ3v) is 4.55. The van der Waals surface area contributed by atoms with Gasteiger partial charge >= 0.3 is 0 Å². The number of nitrogens with zero attached hydrogens (tertiary/aromatic N) is 1. The second kappa shape index (κ2) is 8.01. The Labute approximate surface area is 135 Å². The Bertz CT molecular complexity index is 453. The number of halogens is 2. The molecule has 0 spiro atoms. The van der Waals surface area contributed by atoms with E-state index in [0.717, 1.165) is 29.4 Å². The second-order valence-electron chi connectivity index (χ2n) is 5.28. The Morgan fingerprint density at radius 2 is 2.15 bits per heavy atom. The molecule has 20 heavy (non-hydrogen) atoms. The van der Waals surface area contributed by atoms with Crippen LogP contribution in [0.3, 0.4) is 0 Å². The predicted octanol–water partition coefficient (Wildman–Crippen LogP) is 3.14. The third kappa shape index (κ3) is 4.21. The maximum atomic E-state index is 12.5. The molecule has 2 N–H and O–H groups in total. The van der Waals surface area contributed by atoms with Gasteiger partial charge in [0.05, 0.1) is 6.42 Å². The van der Waals surface area contributed by atoms with E-state index in [1.54, 1.807) is 0 Å². The second-order valence-corrected chi connectivity index (χ2v) is 6.13. The minimum absolute atomic E-state index is 0. The molecule has 1 aromatic carbocycles. The molecule has 0 aliphatic carbocycles. The first-order chi connectivity index (χ1) is 9.09. The highest BCUT2D eigenvalue weighted by Gasteiger charge is 2.29. The van der Waals surface area contributed by atoms with Crippen molar-refractivity contribution in [3.8, 4) is 0 Å². The number of amides is 1. The number of hydrogen-bond acceptors (Lipinski definition) is 2. The topological polar surface area (TPSA) is 46.3 Å². The minimum atomic E-state index is 0. The average Bonchev–Trinajstić information content (AvgIpc) is 2.41. The minimum Gasteiger partial charge on any atom is -0.338 e. The molecule has 0 aromatic heterocycles. The number of piperidine rings is 1. The van der Waals surface area contributed by atoms with Gasteiger partial charge in [-0.15, -0.1) is 12.4 Å². The highest BCUT2D eigenvalue weighted by Crippen LogP contribution is 2.22. The van der Waals surface area contributed by atoms with Crippen LogP contribution in [0.15, 0.2) is 28.7 Å². The molecular formula is C15H22BrClN2O. The van der Waals surface area contributed by atoms with Gasteiger partial charge in [-0.3, -0.25) is 4.79 Å². The molecule has 1 amide bonds. The smallest absolute Gasteiger partial charge is 0.227 e. The molecule has 3 nitrogen and oxygen atoms in total. The van der Waals surface area contributed by atoms with Crippen LogP contribution < -0.4 is 5.73 Å². The number of carbonyl (C=O) groups excluding carboxylic acids is 1. The molecule has 2 atom stereocenters. The third-order valence-electron chi connectivity index (χ3n) is 3.78. The van der Waals surface area contributed by atoms with Gasteiger partial charge in [0.15, 0.2) is 0 Å². The van der Waals surface area contributed by atoms with Gasteiger partial charge in [0.1, 0.15) is 0 Å². The van der Waals surface area contributed by atoms with Gasteiger partial charge in [0, 0.05) is 23.1 Å². The van der Waals surface area contributed by atoms with Crippen molar-refractivity contribution in [2.45, 2.75) is 44.7 Å². The van der Waals surface area contributed by atoms with Crippen molar-refractivity contribution in [2.24, 2.45) is 5.73 Å². The lowest BCUT2D eigenvalue weighted by Crippen LogP contribution is -2.52. The van der Waals surface area contributed by atoms with Crippen molar-refractivity contribution >= 4 is 34.2 Å². The summed E-state index contributed by atoms with van der Waals surface area (Å²) in [6.45, 7) is 2.84. The van der Waals surface area contributed by atoms with Crippen molar-refractivity contribution in [1.82, 2.24) is 4.90 Å². The summed E-state index contributed by atoms with van der Waals surface area (Å²) in [5, 5.41) is 0. The van der Waals surface area contributed by atoms with E-state index in [1.165, 1.54) is 6.42 Å². The lowest BCUT2D eigenvalue weighted by Gasteiger charge is -2.38. The quantitative estimate of drug-likeness (QED) is 0.899. The van der Waals surface area contributed by atoms with Crippen LogP contribution in [0.25, 0.3) is 0 Å².